The lowest BCUT2D eigenvalue weighted by molar-refractivity contribution is 0.215. The SMILES string of the molecule is CON=Cc1cnc(S(=O)(=O)CCC(F)=C(F)F)s1. The van der Waals surface area contributed by atoms with Crippen molar-refractivity contribution in [1.29, 1.82) is 0 Å². The third-order valence-corrected chi connectivity index (χ3v) is 4.97. The van der Waals surface area contributed by atoms with Gasteiger partial charge in [0, 0.05) is 12.6 Å². The topological polar surface area (TPSA) is 68.6 Å². The third kappa shape index (κ3) is 4.63. The lowest BCUT2D eigenvalue weighted by atomic mass is 10.4. The Bertz CT molecular complexity index is 592. The highest BCUT2D eigenvalue weighted by molar-refractivity contribution is 7.93. The molecule has 0 amide bonds. The third-order valence-electron chi connectivity index (χ3n) is 1.85. The van der Waals surface area contributed by atoms with Gasteiger partial charge in [0.1, 0.15) is 7.11 Å². The van der Waals surface area contributed by atoms with Crippen LogP contribution < -0.4 is 0 Å². The number of aromatic nitrogens is 1. The van der Waals surface area contributed by atoms with Crippen molar-refractivity contribution in [2.45, 2.75) is 10.8 Å². The zero-order chi connectivity index (χ0) is 14.5. The van der Waals surface area contributed by atoms with Crippen LogP contribution >= 0.6 is 11.3 Å². The second-order valence-electron chi connectivity index (χ2n) is 3.18. The highest BCUT2D eigenvalue weighted by atomic mass is 32.2. The minimum atomic E-state index is -3.90. The molecule has 1 aromatic heterocycles. The summed E-state index contributed by atoms with van der Waals surface area (Å²) in [6.07, 6.45) is -0.908. The van der Waals surface area contributed by atoms with E-state index in [2.05, 4.69) is 15.0 Å². The highest BCUT2D eigenvalue weighted by Gasteiger charge is 2.20. The lowest BCUT2D eigenvalue weighted by Crippen LogP contribution is -2.06. The Morgan fingerprint density at radius 1 is 1.53 bits per heavy atom. The first-order chi connectivity index (χ1) is 8.86. The van der Waals surface area contributed by atoms with Crippen LogP contribution in [-0.2, 0) is 14.7 Å². The molecule has 0 radical (unpaired) electrons. The summed E-state index contributed by atoms with van der Waals surface area (Å²) in [6, 6.07) is 0. The summed E-state index contributed by atoms with van der Waals surface area (Å²) in [5, 5.41) is 3.42. The Morgan fingerprint density at radius 2 is 2.21 bits per heavy atom. The highest BCUT2D eigenvalue weighted by Crippen LogP contribution is 2.21. The summed E-state index contributed by atoms with van der Waals surface area (Å²) in [6.45, 7) is 0. The Labute approximate surface area is 111 Å². The molecule has 0 saturated carbocycles. The van der Waals surface area contributed by atoms with E-state index in [9.17, 15) is 21.6 Å². The molecule has 1 aromatic rings. The van der Waals surface area contributed by atoms with Gasteiger partial charge in [-0.2, -0.15) is 8.78 Å². The molecule has 5 nitrogen and oxygen atoms in total. The fourth-order valence-corrected chi connectivity index (χ4v) is 3.37. The van der Waals surface area contributed by atoms with Crippen LogP contribution in [0.1, 0.15) is 11.3 Å². The number of hydrogen-bond acceptors (Lipinski definition) is 6. The fraction of sp³-hybridized carbons (Fsp3) is 0.333. The zero-order valence-corrected chi connectivity index (χ0v) is 11.3. The van der Waals surface area contributed by atoms with Crippen LogP contribution in [0.4, 0.5) is 13.2 Å². The molecule has 0 unspecified atom stereocenters. The molecular formula is C9H9F3N2O3S2. The van der Waals surface area contributed by atoms with E-state index in [1.54, 1.807) is 0 Å². The number of sulfone groups is 1. The molecule has 19 heavy (non-hydrogen) atoms. The van der Waals surface area contributed by atoms with Gasteiger partial charge in [0.25, 0.3) is 0 Å². The monoisotopic (exact) mass is 314 g/mol. The van der Waals surface area contributed by atoms with Crippen LogP contribution in [0.25, 0.3) is 0 Å². The van der Waals surface area contributed by atoms with Crippen molar-refractivity contribution < 1.29 is 26.4 Å². The fourth-order valence-electron chi connectivity index (χ4n) is 0.984. The Hall–Kier alpha value is -1.42. The molecular weight excluding hydrogens is 305 g/mol. The predicted octanol–water partition coefficient (Wildman–Crippen LogP) is 2.36. The maximum absolute atomic E-state index is 12.6. The van der Waals surface area contributed by atoms with Gasteiger partial charge in [-0.15, -0.1) is 11.3 Å². The molecule has 0 bridgehead atoms. The minimum absolute atomic E-state index is 0.280. The van der Waals surface area contributed by atoms with Gasteiger partial charge in [-0.3, -0.25) is 0 Å². The number of oxime groups is 1. The summed E-state index contributed by atoms with van der Waals surface area (Å²) in [5.74, 6) is -2.51. The minimum Gasteiger partial charge on any atom is -0.399 e. The van der Waals surface area contributed by atoms with Crippen molar-refractivity contribution in [1.82, 2.24) is 4.98 Å². The van der Waals surface area contributed by atoms with E-state index in [4.69, 9.17) is 0 Å². The summed E-state index contributed by atoms with van der Waals surface area (Å²) < 4.78 is 59.3. The number of thiazole rings is 1. The smallest absolute Gasteiger partial charge is 0.301 e. The number of nitrogens with zero attached hydrogens (tertiary/aromatic N) is 2. The number of hydrogen-bond donors (Lipinski definition) is 0. The van der Waals surface area contributed by atoms with Crippen LogP contribution in [0.3, 0.4) is 0 Å². The first kappa shape index (κ1) is 15.6. The molecule has 1 rings (SSSR count). The van der Waals surface area contributed by atoms with E-state index >= 15 is 0 Å². The van der Waals surface area contributed by atoms with E-state index in [1.165, 1.54) is 19.5 Å². The van der Waals surface area contributed by atoms with Gasteiger partial charge in [0.2, 0.25) is 14.2 Å². The molecule has 10 heteroatoms. The molecule has 0 N–H and O–H groups in total. The zero-order valence-electron chi connectivity index (χ0n) is 9.64. The molecule has 0 saturated heterocycles. The van der Waals surface area contributed by atoms with Gasteiger partial charge >= 0.3 is 6.08 Å². The van der Waals surface area contributed by atoms with E-state index in [0.29, 0.717) is 4.88 Å². The van der Waals surface area contributed by atoms with Crippen LogP contribution in [0.5, 0.6) is 0 Å². The van der Waals surface area contributed by atoms with E-state index in [-0.39, 0.29) is 4.34 Å². The van der Waals surface area contributed by atoms with E-state index < -0.39 is 33.9 Å². The quantitative estimate of drug-likeness (QED) is 0.597. The van der Waals surface area contributed by atoms with Crippen molar-refractivity contribution in [2.24, 2.45) is 5.16 Å². The van der Waals surface area contributed by atoms with Gasteiger partial charge in [-0.05, 0) is 0 Å². The average molecular weight is 314 g/mol. The summed E-state index contributed by atoms with van der Waals surface area (Å²) >= 11 is 0.785. The Balaban J connectivity index is 2.81. The molecule has 0 aliphatic carbocycles. The lowest BCUT2D eigenvalue weighted by Gasteiger charge is -1.98. The summed E-state index contributed by atoms with van der Waals surface area (Å²) in [5.41, 5.74) is 0. The van der Waals surface area contributed by atoms with Gasteiger partial charge in [-0.25, -0.2) is 17.8 Å². The predicted molar refractivity (Wildman–Crippen MR) is 63.7 cm³/mol. The van der Waals surface area contributed by atoms with Gasteiger partial charge in [0.15, 0.2) is 5.83 Å². The van der Waals surface area contributed by atoms with Crippen molar-refractivity contribution >= 4 is 27.4 Å². The van der Waals surface area contributed by atoms with Gasteiger partial charge < -0.3 is 4.84 Å². The first-order valence-electron chi connectivity index (χ1n) is 4.81. The Morgan fingerprint density at radius 3 is 2.79 bits per heavy atom. The standard InChI is InChI=1S/C9H9F3N2O3S2/c1-17-14-5-6-4-13-9(18-6)19(15,16)3-2-7(10)8(11)12/h4-5H,2-3H2,1H3. The summed E-state index contributed by atoms with van der Waals surface area (Å²) in [4.78, 5) is 8.44. The van der Waals surface area contributed by atoms with Crippen LogP contribution in [0.15, 0.2) is 27.6 Å². The van der Waals surface area contributed by atoms with Crippen molar-refractivity contribution in [3.63, 3.8) is 0 Å². The van der Waals surface area contributed by atoms with Gasteiger partial charge in [0.05, 0.1) is 16.8 Å². The molecule has 0 spiro atoms. The second-order valence-corrected chi connectivity index (χ2v) is 6.52. The first-order valence-corrected chi connectivity index (χ1v) is 7.28. The van der Waals surface area contributed by atoms with E-state index in [0.717, 1.165) is 11.3 Å². The molecule has 0 aliphatic rings. The molecule has 0 fully saturated rings. The largest absolute Gasteiger partial charge is 0.399 e. The maximum atomic E-state index is 12.6. The van der Waals surface area contributed by atoms with E-state index in [1.807, 2.05) is 0 Å². The molecule has 0 aliphatic heterocycles. The number of halogens is 3. The van der Waals surface area contributed by atoms with Crippen molar-refractivity contribution in [2.75, 3.05) is 12.9 Å². The Kier molecular flexibility index (Phi) is 5.48. The van der Waals surface area contributed by atoms with Crippen LogP contribution in [0, 0.1) is 0 Å². The van der Waals surface area contributed by atoms with Crippen molar-refractivity contribution in [3.8, 4) is 0 Å². The number of allylic oxidation sites excluding steroid dienone is 1. The van der Waals surface area contributed by atoms with Gasteiger partial charge in [-0.1, -0.05) is 5.16 Å². The molecule has 106 valence electrons. The normalized spacial score (nSPS) is 11.8. The second kappa shape index (κ2) is 6.66. The molecule has 1 heterocycles. The summed E-state index contributed by atoms with van der Waals surface area (Å²) in [7, 11) is -2.58. The molecule has 0 aromatic carbocycles. The van der Waals surface area contributed by atoms with Crippen molar-refractivity contribution in [3.05, 3.63) is 23.0 Å². The maximum Gasteiger partial charge on any atom is 0.301 e. The van der Waals surface area contributed by atoms with Crippen LogP contribution in [-0.4, -0.2) is 32.5 Å². The molecule has 0 atom stereocenters. The van der Waals surface area contributed by atoms with Crippen LogP contribution in [0.2, 0.25) is 0 Å². The number of rotatable bonds is 6. The average Bonchev–Trinajstić information content (AvgIpc) is 2.82.